The highest BCUT2D eigenvalue weighted by atomic mass is 19.1. The van der Waals surface area contributed by atoms with Crippen molar-refractivity contribution in [3.63, 3.8) is 0 Å². The van der Waals surface area contributed by atoms with Crippen LogP contribution >= 0.6 is 0 Å². The summed E-state index contributed by atoms with van der Waals surface area (Å²) in [5.41, 5.74) is 1.79. The average Bonchev–Trinajstić information content (AvgIpc) is 2.40. The van der Waals surface area contributed by atoms with E-state index in [1.165, 1.54) is 6.07 Å². The minimum absolute atomic E-state index is 0.0404. The zero-order valence-electron chi connectivity index (χ0n) is 10.6. The Labute approximate surface area is 107 Å². The van der Waals surface area contributed by atoms with Gasteiger partial charge in [0.15, 0.2) is 0 Å². The monoisotopic (exact) mass is 244 g/mol. The second kappa shape index (κ2) is 5.74. The Hall–Kier alpha value is -1.74. The van der Waals surface area contributed by atoms with Gasteiger partial charge < -0.3 is 5.32 Å². The standard InChI is InChI=1S/C15H17FN2/c1-11(13-6-5-9-17-10-13)18-12(2)14-7-3-4-8-15(14)16/h3-12,18H,1-2H3/t11-,12?/m0/s1. The van der Waals surface area contributed by atoms with Crippen molar-refractivity contribution in [2.45, 2.75) is 25.9 Å². The molecule has 2 atom stereocenters. The molecule has 1 N–H and O–H groups in total. The third-order valence-electron chi connectivity index (χ3n) is 3.06. The molecule has 0 fully saturated rings. The van der Waals surface area contributed by atoms with Crippen LogP contribution in [-0.2, 0) is 0 Å². The molecule has 2 nitrogen and oxygen atoms in total. The fourth-order valence-corrected chi connectivity index (χ4v) is 2.02. The second-order valence-corrected chi connectivity index (χ2v) is 4.42. The van der Waals surface area contributed by atoms with E-state index in [-0.39, 0.29) is 17.9 Å². The van der Waals surface area contributed by atoms with Crippen LogP contribution < -0.4 is 5.32 Å². The summed E-state index contributed by atoms with van der Waals surface area (Å²) in [5.74, 6) is -0.170. The van der Waals surface area contributed by atoms with Crippen LogP contribution in [0.3, 0.4) is 0 Å². The van der Waals surface area contributed by atoms with Crippen molar-refractivity contribution in [2.24, 2.45) is 0 Å². The van der Waals surface area contributed by atoms with Crippen LogP contribution in [0.15, 0.2) is 48.8 Å². The van der Waals surface area contributed by atoms with Crippen LogP contribution in [0.1, 0.15) is 37.1 Å². The summed E-state index contributed by atoms with van der Waals surface area (Å²) < 4.78 is 13.6. The lowest BCUT2D eigenvalue weighted by Crippen LogP contribution is -2.23. The van der Waals surface area contributed by atoms with Crippen LogP contribution in [0.5, 0.6) is 0 Å². The molecule has 1 aromatic carbocycles. The lowest BCUT2D eigenvalue weighted by atomic mass is 10.0. The van der Waals surface area contributed by atoms with Crippen molar-refractivity contribution in [1.82, 2.24) is 10.3 Å². The van der Waals surface area contributed by atoms with Crippen LogP contribution in [0.25, 0.3) is 0 Å². The van der Waals surface area contributed by atoms with Crippen molar-refractivity contribution >= 4 is 0 Å². The van der Waals surface area contributed by atoms with Crippen molar-refractivity contribution in [3.05, 3.63) is 65.7 Å². The first-order valence-corrected chi connectivity index (χ1v) is 6.09. The molecule has 3 heteroatoms. The quantitative estimate of drug-likeness (QED) is 0.888. The summed E-state index contributed by atoms with van der Waals surface area (Å²) in [6.07, 6.45) is 3.57. The lowest BCUT2D eigenvalue weighted by molar-refractivity contribution is 0.473. The molecule has 0 aliphatic rings. The number of aromatic nitrogens is 1. The van der Waals surface area contributed by atoms with Gasteiger partial charge in [-0.1, -0.05) is 24.3 Å². The van der Waals surface area contributed by atoms with Crippen LogP contribution in [0.4, 0.5) is 4.39 Å². The fraction of sp³-hybridized carbons (Fsp3) is 0.267. The molecule has 1 aromatic heterocycles. The highest BCUT2D eigenvalue weighted by molar-refractivity contribution is 5.21. The predicted molar refractivity (Wildman–Crippen MR) is 70.6 cm³/mol. The minimum atomic E-state index is -0.170. The Morgan fingerprint density at radius 1 is 1.06 bits per heavy atom. The van der Waals surface area contributed by atoms with E-state index < -0.39 is 0 Å². The Morgan fingerprint density at radius 3 is 2.50 bits per heavy atom. The molecule has 0 spiro atoms. The van der Waals surface area contributed by atoms with E-state index >= 15 is 0 Å². The van der Waals surface area contributed by atoms with Crippen molar-refractivity contribution in [3.8, 4) is 0 Å². The maximum absolute atomic E-state index is 13.6. The first-order chi connectivity index (χ1) is 8.68. The SMILES string of the molecule is CC(N[C@@H](C)c1cccnc1)c1ccccc1F. The number of pyridine rings is 1. The number of nitrogens with zero attached hydrogens (tertiary/aromatic N) is 1. The highest BCUT2D eigenvalue weighted by Crippen LogP contribution is 2.20. The number of hydrogen-bond acceptors (Lipinski definition) is 2. The molecule has 2 aromatic rings. The molecular formula is C15H17FN2. The molecule has 2 rings (SSSR count). The van der Waals surface area contributed by atoms with Gasteiger partial charge in [0.25, 0.3) is 0 Å². The minimum Gasteiger partial charge on any atom is -0.303 e. The molecule has 1 unspecified atom stereocenters. The molecule has 18 heavy (non-hydrogen) atoms. The number of halogens is 1. The van der Waals surface area contributed by atoms with E-state index in [0.29, 0.717) is 5.56 Å². The highest BCUT2D eigenvalue weighted by Gasteiger charge is 2.13. The van der Waals surface area contributed by atoms with E-state index in [4.69, 9.17) is 0 Å². The van der Waals surface area contributed by atoms with Gasteiger partial charge >= 0.3 is 0 Å². The van der Waals surface area contributed by atoms with Crippen molar-refractivity contribution in [1.29, 1.82) is 0 Å². The van der Waals surface area contributed by atoms with Gasteiger partial charge in [-0.05, 0) is 31.5 Å². The van der Waals surface area contributed by atoms with Gasteiger partial charge in [0.05, 0.1) is 0 Å². The molecule has 0 bridgehead atoms. The van der Waals surface area contributed by atoms with Crippen LogP contribution in [0.2, 0.25) is 0 Å². The van der Waals surface area contributed by atoms with E-state index in [1.54, 1.807) is 12.3 Å². The van der Waals surface area contributed by atoms with Gasteiger partial charge in [0.1, 0.15) is 5.82 Å². The number of benzene rings is 1. The molecule has 0 aliphatic carbocycles. The first-order valence-electron chi connectivity index (χ1n) is 6.09. The Bertz CT molecular complexity index is 499. The van der Waals surface area contributed by atoms with E-state index in [2.05, 4.69) is 10.3 Å². The van der Waals surface area contributed by atoms with E-state index in [0.717, 1.165) is 5.56 Å². The topological polar surface area (TPSA) is 24.9 Å². The summed E-state index contributed by atoms with van der Waals surface area (Å²) in [6, 6.07) is 10.9. The summed E-state index contributed by atoms with van der Waals surface area (Å²) in [4.78, 5) is 4.09. The maximum atomic E-state index is 13.6. The predicted octanol–water partition coefficient (Wildman–Crippen LogP) is 3.63. The van der Waals surface area contributed by atoms with Gasteiger partial charge in [-0.3, -0.25) is 4.98 Å². The number of hydrogen-bond donors (Lipinski definition) is 1. The van der Waals surface area contributed by atoms with Gasteiger partial charge in [0.2, 0.25) is 0 Å². The third-order valence-corrected chi connectivity index (χ3v) is 3.06. The number of nitrogens with one attached hydrogen (secondary N) is 1. The molecule has 0 aliphatic heterocycles. The summed E-state index contributed by atoms with van der Waals surface area (Å²) in [7, 11) is 0. The van der Waals surface area contributed by atoms with Gasteiger partial charge in [-0.15, -0.1) is 0 Å². The van der Waals surface area contributed by atoms with Crippen molar-refractivity contribution < 1.29 is 4.39 Å². The van der Waals surface area contributed by atoms with Crippen molar-refractivity contribution in [2.75, 3.05) is 0 Å². The molecule has 0 radical (unpaired) electrons. The summed E-state index contributed by atoms with van der Waals surface area (Å²) in [6.45, 7) is 4.01. The zero-order chi connectivity index (χ0) is 13.0. The first kappa shape index (κ1) is 12.7. The molecule has 0 saturated heterocycles. The Morgan fingerprint density at radius 2 is 1.83 bits per heavy atom. The second-order valence-electron chi connectivity index (χ2n) is 4.42. The molecule has 0 amide bonds. The Balaban J connectivity index is 2.08. The summed E-state index contributed by atoms with van der Waals surface area (Å²) in [5, 5.41) is 3.37. The van der Waals surface area contributed by atoms with Crippen LogP contribution in [-0.4, -0.2) is 4.98 Å². The van der Waals surface area contributed by atoms with E-state index in [1.807, 2.05) is 44.3 Å². The van der Waals surface area contributed by atoms with Gasteiger partial charge in [-0.2, -0.15) is 0 Å². The van der Waals surface area contributed by atoms with Crippen LogP contribution in [0, 0.1) is 5.82 Å². The largest absolute Gasteiger partial charge is 0.303 e. The fourth-order valence-electron chi connectivity index (χ4n) is 2.02. The lowest BCUT2D eigenvalue weighted by Gasteiger charge is -2.20. The summed E-state index contributed by atoms with van der Waals surface area (Å²) >= 11 is 0. The Kier molecular flexibility index (Phi) is 4.05. The average molecular weight is 244 g/mol. The zero-order valence-corrected chi connectivity index (χ0v) is 10.6. The normalized spacial score (nSPS) is 14.2. The molecular weight excluding hydrogens is 227 g/mol. The molecule has 1 heterocycles. The van der Waals surface area contributed by atoms with Gasteiger partial charge in [0, 0.05) is 30.0 Å². The third kappa shape index (κ3) is 2.93. The maximum Gasteiger partial charge on any atom is 0.127 e. The van der Waals surface area contributed by atoms with Gasteiger partial charge in [-0.25, -0.2) is 4.39 Å². The smallest absolute Gasteiger partial charge is 0.127 e. The number of rotatable bonds is 4. The van der Waals surface area contributed by atoms with E-state index in [9.17, 15) is 4.39 Å². The molecule has 0 saturated carbocycles. The molecule has 94 valence electrons.